The Morgan fingerprint density at radius 3 is 2.60 bits per heavy atom. The number of hydrogen-bond donors (Lipinski definition) is 0. The molecule has 80 valence electrons. The largest absolute Gasteiger partial charge is 0.478 e. The lowest BCUT2D eigenvalue weighted by atomic mass is 9.86. The summed E-state index contributed by atoms with van der Waals surface area (Å²) in [4.78, 5) is 0. The van der Waals surface area contributed by atoms with Gasteiger partial charge in [-0.3, -0.25) is 0 Å². The van der Waals surface area contributed by atoms with Gasteiger partial charge in [0, 0.05) is 10.0 Å². The van der Waals surface area contributed by atoms with E-state index in [9.17, 15) is 0 Å². The maximum Gasteiger partial charge on any atom is 0.174 e. The minimum absolute atomic E-state index is 0.00905. The van der Waals surface area contributed by atoms with Crippen molar-refractivity contribution < 1.29 is 4.74 Å². The lowest BCUT2D eigenvalue weighted by molar-refractivity contribution is 0.355. The molecular formula is C12H14BrNO. The fourth-order valence-corrected chi connectivity index (χ4v) is 2.41. The molecule has 1 rings (SSSR count). The summed E-state index contributed by atoms with van der Waals surface area (Å²) in [7, 11) is 0. The van der Waals surface area contributed by atoms with Crippen LogP contribution in [0.25, 0.3) is 0 Å². The zero-order valence-corrected chi connectivity index (χ0v) is 10.8. The first-order chi connectivity index (χ1) is 6.96. The van der Waals surface area contributed by atoms with Crippen LogP contribution in [-0.2, 0) is 5.41 Å². The number of halogens is 1. The van der Waals surface area contributed by atoms with Crippen molar-refractivity contribution in [2.24, 2.45) is 0 Å². The molecule has 0 radical (unpaired) electrons. The Morgan fingerprint density at radius 2 is 2.07 bits per heavy atom. The maximum absolute atomic E-state index is 8.50. The highest BCUT2D eigenvalue weighted by molar-refractivity contribution is 9.10. The van der Waals surface area contributed by atoms with Crippen molar-refractivity contribution >= 4 is 15.9 Å². The number of nitrogens with zero attached hydrogens (tertiary/aromatic N) is 1. The molecule has 0 saturated heterocycles. The smallest absolute Gasteiger partial charge is 0.174 e. The van der Waals surface area contributed by atoms with Crippen molar-refractivity contribution in [3.63, 3.8) is 0 Å². The topological polar surface area (TPSA) is 33.0 Å². The van der Waals surface area contributed by atoms with Gasteiger partial charge in [-0.25, -0.2) is 0 Å². The van der Waals surface area contributed by atoms with E-state index in [1.807, 2.05) is 24.3 Å². The summed E-state index contributed by atoms with van der Waals surface area (Å²) in [6.45, 7) is 6.44. The van der Waals surface area contributed by atoms with Crippen molar-refractivity contribution in [1.82, 2.24) is 0 Å². The predicted molar refractivity (Wildman–Crippen MR) is 64.0 cm³/mol. The van der Waals surface area contributed by atoms with Crippen LogP contribution in [0.4, 0.5) is 0 Å². The molecule has 0 bridgehead atoms. The highest BCUT2D eigenvalue weighted by atomic mass is 79.9. The van der Waals surface area contributed by atoms with E-state index in [-0.39, 0.29) is 12.0 Å². The van der Waals surface area contributed by atoms with Crippen molar-refractivity contribution in [3.8, 4) is 11.8 Å². The molecule has 1 aromatic rings. The third-order valence-corrected chi connectivity index (χ3v) is 2.68. The third kappa shape index (κ3) is 2.97. The first kappa shape index (κ1) is 12.1. The number of rotatable bonds is 2. The monoisotopic (exact) mass is 267 g/mol. The van der Waals surface area contributed by atoms with Crippen LogP contribution in [0.15, 0.2) is 22.7 Å². The summed E-state index contributed by atoms with van der Waals surface area (Å²) in [5.41, 5.74) is 1.09. The van der Waals surface area contributed by atoms with Crippen LogP contribution in [0, 0.1) is 11.3 Å². The maximum atomic E-state index is 8.50. The standard InChI is InChI=1S/C12H14BrNO/c1-12(2,3)11-9(13)5-4-6-10(11)15-8-7-14/h4-6H,8H2,1-3H3. The molecule has 0 aliphatic heterocycles. The number of benzene rings is 1. The van der Waals surface area contributed by atoms with Gasteiger partial charge < -0.3 is 4.74 Å². The Kier molecular flexibility index (Phi) is 3.76. The molecule has 0 fully saturated rings. The van der Waals surface area contributed by atoms with Crippen LogP contribution in [0.5, 0.6) is 5.75 Å². The summed E-state index contributed by atoms with van der Waals surface area (Å²) in [5.74, 6) is 0.776. The molecule has 0 saturated carbocycles. The first-order valence-electron chi connectivity index (χ1n) is 4.75. The quantitative estimate of drug-likeness (QED) is 0.820. The summed E-state index contributed by atoms with van der Waals surface area (Å²) in [5, 5.41) is 8.50. The minimum atomic E-state index is -0.00905. The van der Waals surface area contributed by atoms with E-state index in [4.69, 9.17) is 10.00 Å². The zero-order chi connectivity index (χ0) is 11.5. The van der Waals surface area contributed by atoms with Gasteiger partial charge in [-0.05, 0) is 17.5 Å². The normalized spacial score (nSPS) is 10.9. The van der Waals surface area contributed by atoms with E-state index in [1.54, 1.807) is 0 Å². The van der Waals surface area contributed by atoms with Crippen molar-refractivity contribution in [3.05, 3.63) is 28.2 Å². The van der Waals surface area contributed by atoms with Gasteiger partial charge >= 0.3 is 0 Å². The van der Waals surface area contributed by atoms with Gasteiger partial charge in [0.1, 0.15) is 11.8 Å². The van der Waals surface area contributed by atoms with E-state index >= 15 is 0 Å². The molecule has 0 aliphatic carbocycles. The molecule has 3 heteroatoms. The summed E-state index contributed by atoms with van der Waals surface area (Å²) in [6.07, 6.45) is 0. The Hall–Kier alpha value is -1.01. The highest BCUT2D eigenvalue weighted by Crippen LogP contribution is 2.36. The number of nitriles is 1. The molecule has 0 unspecified atom stereocenters. The molecular weight excluding hydrogens is 254 g/mol. The average molecular weight is 268 g/mol. The molecule has 15 heavy (non-hydrogen) atoms. The molecule has 0 spiro atoms. The lowest BCUT2D eigenvalue weighted by Gasteiger charge is -2.23. The fraction of sp³-hybridized carbons (Fsp3) is 0.417. The van der Waals surface area contributed by atoms with E-state index in [0.29, 0.717) is 0 Å². The second kappa shape index (κ2) is 4.67. The molecule has 1 aromatic carbocycles. The summed E-state index contributed by atoms with van der Waals surface area (Å²) in [6, 6.07) is 7.76. The van der Waals surface area contributed by atoms with Crippen molar-refractivity contribution in [1.29, 1.82) is 5.26 Å². The number of hydrogen-bond acceptors (Lipinski definition) is 2. The van der Waals surface area contributed by atoms with Gasteiger partial charge in [0.15, 0.2) is 6.61 Å². The Morgan fingerprint density at radius 1 is 1.40 bits per heavy atom. The molecule has 0 heterocycles. The van der Waals surface area contributed by atoms with Crippen LogP contribution in [0.2, 0.25) is 0 Å². The van der Waals surface area contributed by atoms with E-state index in [2.05, 4.69) is 36.7 Å². The van der Waals surface area contributed by atoms with Gasteiger partial charge in [-0.2, -0.15) is 5.26 Å². The molecule has 0 aromatic heterocycles. The Labute approximate surface area is 99.0 Å². The number of ether oxygens (including phenoxy) is 1. The van der Waals surface area contributed by atoms with E-state index < -0.39 is 0 Å². The van der Waals surface area contributed by atoms with Crippen molar-refractivity contribution in [2.45, 2.75) is 26.2 Å². The molecule has 0 N–H and O–H groups in total. The van der Waals surface area contributed by atoms with Crippen LogP contribution in [0.1, 0.15) is 26.3 Å². The summed E-state index contributed by atoms with van der Waals surface area (Å²) >= 11 is 3.51. The second-order valence-corrected chi connectivity index (χ2v) is 5.16. The highest BCUT2D eigenvalue weighted by Gasteiger charge is 2.21. The molecule has 0 aliphatic rings. The van der Waals surface area contributed by atoms with Crippen LogP contribution < -0.4 is 4.74 Å². The average Bonchev–Trinajstić information content (AvgIpc) is 2.12. The fourth-order valence-electron chi connectivity index (χ4n) is 1.46. The Bertz CT molecular complexity index is 388. The first-order valence-corrected chi connectivity index (χ1v) is 5.55. The zero-order valence-electron chi connectivity index (χ0n) is 9.17. The lowest BCUT2D eigenvalue weighted by Crippen LogP contribution is -2.14. The van der Waals surface area contributed by atoms with Crippen LogP contribution in [-0.4, -0.2) is 6.61 Å². The minimum Gasteiger partial charge on any atom is -0.478 e. The third-order valence-electron chi connectivity index (χ3n) is 2.02. The Balaban J connectivity index is 3.16. The van der Waals surface area contributed by atoms with Gasteiger partial charge in [0.05, 0.1) is 0 Å². The summed E-state index contributed by atoms with van der Waals surface area (Å²) < 4.78 is 6.42. The molecule has 0 atom stereocenters. The van der Waals surface area contributed by atoms with E-state index in [0.717, 1.165) is 15.8 Å². The molecule has 2 nitrogen and oxygen atoms in total. The van der Waals surface area contributed by atoms with Gasteiger partial charge in [0.2, 0.25) is 0 Å². The van der Waals surface area contributed by atoms with Gasteiger partial charge in [-0.15, -0.1) is 0 Å². The van der Waals surface area contributed by atoms with Gasteiger partial charge in [0.25, 0.3) is 0 Å². The van der Waals surface area contributed by atoms with E-state index in [1.165, 1.54) is 0 Å². The molecule has 0 amide bonds. The predicted octanol–water partition coefficient (Wildman–Crippen LogP) is 3.65. The SMILES string of the molecule is CC(C)(C)c1c(Br)cccc1OCC#N. The van der Waals surface area contributed by atoms with Crippen molar-refractivity contribution in [2.75, 3.05) is 6.61 Å². The van der Waals surface area contributed by atoms with Crippen LogP contribution >= 0.6 is 15.9 Å². The van der Waals surface area contributed by atoms with Gasteiger partial charge in [-0.1, -0.05) is 42.8 Å². The van der Waals surface area contributed by atoms with Crippen LogP contribution in [0.3, 0.4) is 0 Å². The second-order valence-electron chi connectivity index (χ2n) is 4.31.